The summed E-state index contributed by atoms with van der Waals surface area (Å²) in [5, 5.41) is 5.46. The maximum atomic E-state index is 12.1. The Bertz CT molecular complexity index is 583. The molecule has 0 saturated carbocycles. The van der Waals surface area contributed by atoms with Crippen LogP contribution in [0.4, 0.5) is 0 Å². The van der Waals surface area contributed by atoms with E-state index in [9.17, 15) is 14.4 Å². The number of carbonyl (C=O) groups is 3. The van der Waals surface area contributed by atoms with Crippen LogP contribution >= 0.6 is 0 Å². The highest BCUT2D eigenvalue weighted by molar-refractivity contribution is 5.94. The number of hydrogen-bond acceptors (Lipinski definition) is 3. The highest BCUT2D eigenvalue weighted by Crippen LogP contribution is 2.10. The number of carbonyl (C=O) groups excluding carboxylic acids is 3. The molecular weight excluding hydrogens is 294 g/mol. The van der Waals surface area contributed by atoms with Gasteiger partial charge in [-0.1, -0.05) is 19.1 Å². The Labute approximate surface area is 136 Å². The molecule has 1 aliphatic rings. The maximum absolute atomic E-state index is 12.1. The Morgan fingerprint density at radius 3 is 2.57 bits per heavy atom. The van der Waals surface area contributed by atoms with Crippen molar-refractivity contribution in [2.24, 2.45) is 0 Å². The number of nitrogens with zero attached hydrogens (tertiary/aromatic N) is 1. The van der Waals surface area contributed by atoms with Gasteiger partial charge in [0, 0.05) is 32.1 Å². The lowest BCUT2D eigenvalue weighted by Gasteiger charge is -2.17. The van der Waals surface area contributed by atoms with E-state index in [1.54, 1.807) is 4.90 Å². The van der Waals surface area contributed by atoms with Crippen molar-refractivity contribution in [1.29, 1.82) is 0 Å². The zero-order chi connectivity index (χ0) is 16.8. The van der Waals surface area contributed by atoms with Gasteiger partial charge in [0.2, 0.25) is 11.8 Å². The third-order valence-electron chi connectivity index (χ3n) is 3.97. The maximum Gasteiger partial charge on any atom is 0.251 e. The molecule has 1 aliphatic heterocycles. The summed E-state index contributed by atoms with van der Waals surface area (Å²) in [7, 11) is 0. The largest absolute Gasteiger partial charge is 0.350 e. The molecule has 1 aromatic carbocycles. The molecule has 1 unspecified atom stereocenters. The summed E-state index contributed by atoms with van der Waals surface area (Å²) in [4.78, 5) is 36.8. The normalized spacial score (nSPS) is 17.2. The molecule has 1 heterocycles. The summed E-state index contributed by atoms with van der Waals surface area (Å²) in [5.74, 6) is -0.423. The lowest BCUT2D eigenvalue weighted by Crippen LogP contribution is -2.42. The number of hydrogen-bond donors (Lipinski definition) is 2. The number of amides is 3. The molecular formula is C17H23N3O3. The van der Waals surface area contributed by atoms with Gasteiger partial charge in [-0.15, -0.1) is 0 Å². The van der Waals surface area contributed by atoms with Gasteiger partial charge in [-0.25, -0.2) is 0 Å². The van der Waals surface area contributed by atoms with Crippen LogP contribution in [0.1, 0.15) is 36.2 Å². The van der Waals surface area contributed by atoms with Crippen molar-refractivity contribution < 1.29 is 14.4 Å². The first-order valence-electron chi connectivity index (χ1n) is 7.94. The van der Waals surface area contributed by atoms with Gasteiger partial charge in [0.1, 0.15) is 6.04 Å². The number of nitrogens with one attached hydrogen (secondary N) is 2. The molecule has 3 amide bonds. The lowest BCUT2D eigenvalue weighted by molar-refractivity contribution is -0.132. The third-order valence-corrected chi connectivity index (χ3v) is 3.97. The minimum absolute atomic E-state index is 0.0817. The van der Waals surface area contributed by atoms with Crippen LogP contribution in [0.3, 0.4) is 0 Å². The van der Waals surface area contributed by atoms with Crippen LogP contribution in [0.2, 0.25) is 0 Å². The molecule has 6 nitrogen and oxygen atoms in total. The first-order chi connectivity index (χ1) is 11.0. The van der Waals surface area contributed by atoms with Crippen LogP contribution in [0.25, 0.3) is 0 Å². The van der Waals surface area contributed by atoms with Gasteiger partial charge < -0.3 is 15.5 Å². The predicted octanol–water partition coefficient (Wildman–Crippen LogP) is 0.716. The fraction of sp³-hybridized carbons (Fsp3) is 0.471. The molecule has 1 aromatic rings. The van der Waals surface area contributed by atoms with Crippen molar-refractivity contribution in [2.45, 2.75) is 32.7 Å². The first-order valence-corrected chi connectivity index (χ1v) is 7.94. The van der Waals surface area contributed by atoms with Crippen molar-refractivity contribution >= 4 is 17.7 Å². The molecule has 0 bridgehead atoms. The molecule has 23 heavy (non-hydrogen) atoms. The quantitative estimate of drug-likeness (QED) is 0.811. The monoisotopic (exact) mass is 317 g/mol. The van der Waals surface area contributed by atoms with E-state index in [0.717, 1.165) is 6.42 Å². The van der Waals surface area contributed by atoms with Crippen LogP contribution in [-0.2, 0) is 16.0 Å². The topological polar surface area (TPSA) is 78.5 Å². The molecule has 0 radical (unpaired) electrons. The number of rotatable bonds is 6. The number of aryl methyl sites for hydroxylation is 1. The number of likely N-dealkylation sites (tertiary alicyclic amines) is 1. The highest BCUT2D eigenvalue weighted by Gasteiger charge is 2.31. The van der Waals surface area contributed by atoms with Gasteiger partial charge in [-0.3, -0.25) is 14.4 Å². The standard InChI is InChI=1S/C17H23N3O3/c1-3-13-4-6-14(7-5-13)16(22)18-9-11-20-10-8-15(17(20)23)19-12(2)21/h4-7,15H,3,8-11H2,1-2H3,(H,18,22)(H,19,21). The fourth-order valence-corrected chi connectivity index (χ4v) is 2.64. The third kappa shape index (κ3) is 4.55. The average Bonchev–Trinajstić information content (AvgIpc) is 2.87. The van der Waals surface area contributed by atoms with E-state index in [2.05, 4.69) is 17.6 Å². The summed E-state index contributed by atoms with van der Waals surface area (Å²) in [5.41, 5.74) is 1.80. The summed E-state index contributed by atoms with van der Waals surface area (Å²) in [6.07, 6.45) is 1.55. The SMILES string of the molecule is CCc1ccc(C(=O)NCCN2CCC(NC(C)=O)C2=O)cc1. The fourth-order valence-electron chi connectivity index (χ4n) is 2.64. The summed E-state index contributed by atoms with van der Waals surface area (Å²) < 4.78 is 0. The highest BCUT2D eigenvalue weighted by atomic mass is 16.2. The molecule has 124 valence electrons. The second-order valence-corrected chi connectivity index (χ2v) is 5.67. The van der Waals surface area contributed by atoms with Gasteiger partial charge in [-0.2, -0.15) is 0 Å². The first kappa shape index (κ1) is 17.0. The predicted molar refractivity (Wildman–Crippen MR) is 87.0 cm³/mol. The Hall–Kier alpha value is -2.37. The molecule has 0 aromatic heterocycles. The van der Waals surface area contributed by atoms with Crippen LogP contribution in [0, 0.1) is 0 Å². The van der Waals surface area contributed by atoms with Crippen LogP contribution in [0.5, 0.6) is 0 Å². The van der Waals surface area contributed by atoms with Gasteiger partial charge in [0.15, 0.2) is 0 Å². The zero-order valence-electron chi connectivity index (χ0n) is 13.6. The van der Waals surface area contributed by atoms with E-state index in [1.165, 1.54) is 12.5 Å². The molecule has 2 N–H and O–H groups in total. The molecule has 0 spiro atoms. The summed E-state index contributed by atoms with van der Waals surface area (Å²) >= 11 is 0. The van der Waals surface area contributed by atoms with Gasteiger partial charge in [0.25, 0.3) is 5.91 Å². The molecule has 1 saturated heterocycles. The van der Waals surface area contributed by atoms with E-state index in [4.69, 9.17) is 0 Å². The smallest absolute Gasteiger partial charge is 0.251 e. The van der Waals surface area contributed by atoms with Crippen molar-refractivity contribution in [3.8, 4) is 0 Å². The minimum Gasteiger partial charge on any atom is -0.350 e. The van der Waals surface area contributed by atoms with E-state index >= 15 is 0 Å². The second kappa shape index (κ2) is 7.76. The van der Waals surface area contributed by atoms with Gasteiger partial charge >= 0.3 is 0 Å². The Balaban J connectivity index is 1.77. The molecule has 6 heteroatoms. The van der Waals surface area contributed by atoms with Crippen molar-refractivity contribution in [2.75, 3.05) is 19.6 Å². The van der Waals surface area contributed by atoms with E-state index in [-0.39, 0.29) is 17.7 Å². The van der Waals surface area contributed by atoms with E-state index < -0.39 is 6.04 Å². The number of benzene rings is 1. The summed E-state index contributed by atoms with van der Waals surface area (Å²) in [6.45, 7) is 4.92. The Morgan fingerprint density at radius 2 is 1.96 bits per heavy atom. The van der Waals surface area contributed by atoms with Gasteiger partial charge in [-0.05, 0) is 30.5 Å². The average molecular weight is 317 g/mol. The molecule has 1 atom stereocenters. The van der Waals surface area contributed by atoms with E-state index in [0.29, 0.717) is 31.6 Å². The van der Waals surface area contributed by atoms with Crippen LogP contribution in [-0.4, -0.2) is 48.3 Å². The minimum atomic E-state index is -0.426. The Kier molecular flexibility index (Phi) is 5.73. The van der Waals surface area contributed by atoms with E-state index in [1.807, 2.05) is 24.3 Å². The van der Waals surface area contributed by atoms with Gasteiger partial charge in [0.05, 0.1) is 0 Å². The molecule has 0 aliphatic carbocycles. The second-order valence-electron chi connectivity index (χ2n) is 5.67. The van der Waals surface area contributed by atoms with Crippen molar-refractivity contribution in [1.82, 2.24) is 15.5 Å². The van der Waals surface area contributed by atoms with Crippen molar-refractivity contribution in [3.05, 3.63) is 35.4 Å². The van der Waals surface area contributed by atoms with Crippen LogP contribution < -0.4 is 10.6 Å². The van der Waals surface area contributed by atoms with Crippen molar-refractivity contribution in [3.63, 3.8) is 0 Å². The lowest BCUT2D eigenvalue weighted by atomic mass is 10.1. The summed E-state index contributed by atoms with van der Waals surface area (Å²) in [6, 6.07) is 7.07. The zero-order valence-corrected chi connectivity index (χ0v) is 13.6. The molecule has 2 rings (SSSR count). The van der Waals surface area contributed by atoms with Crippen LogP contribution in [0.15, 0.2) is 24.3 Å². The molecule has 1 fully saturated rings. The Morgan fingerprint density at radius 1 is 1.26 bits per heavy atom.